The SMILES string of the molecule is CCN(CC)CCOC[C@@H](O)c1ccc2sccc2c1. The van der Waals surface area contributed by atoms with Gasteiger partial charge in [-0.15, -0.1) is 11.3 Å². The van der Waals surface area contributed by atoms with Crippen LogP contribution < -0.4 is 0 Å². The highest BCUT2D eigenvalue weighted by molar-refractivity contribution is 7.17. The molecule has 0 bridgehead atoms. The van der Waals surface area contributed by atoms with Crippen LogP contribution in [0.2, 0.25) is 0 Å². The Morgan fingerprint density at radius 3 is 2.80 bits per heavy atom. The molecule has 0 aliphatic rings. The lowest BCUT2D eigenvalue weighted by molar-refractivity contribution is 0.0274. The number of hydrogen-bond donors (Lipinski definition) is 1. The van der Waals surface area contributed by atoms with E-state index < -0.39 is 6.10 Å². The van der Waals surface area contributed by atoms with Crippen molar-refractivity contribution in [3.8, 4) is 0 Å². The van der Waals surface area contributed by atoms with Gasteiger partial charge >= 0.3 is 0 Å². The standard InChI is InChI=1S/C16H23NO2S/c1-3-17(4-2)8-9-19-12-15(18)13-5-6-16-14(11-13)7-10-20-16/h5-7,10-11,15,18H,3-4,8-9,12H2,1-2H3/t15-/m1/s1. The molecule has 4 heteroatoms. The van der Waals surface area contributed by atoms with Gasteiger partial charge in [0, 0.05) is 11.2 Å². The summed E-state index contributed by atoms with van der Waals surface area (Å²) in [5.74, 6) is 0. The van der Waals surface area contributed by atoms with E-state index >= 15 is 0 Å². The van der Waals surface area contributed by atoms with Crippen LogP contribution in [0.25, 0.3) is 10.1 Å². The van der Waals surface area contributed by atoms with Crippen molar-refractivity contribution in [3.63, 3.8) is 0 Å². The van der Waals surface area contributed by atoms with Crippen LogP contribution in [0.4, 0.5) is 0 Å². The molecule has 1 atom stereocenters. The topological polar surface area (TPSA) is 32.7 Å². The summed E-state index contributed by atoms with van der Waals surface area (Å²) in [6.07, 6.45) is -0.545. The lowest BCUT2D eigenvalue weighted by Crippen LogP contribution is -2.27. The number of rotatable bonds is 8. The summed E-state index contributed by atoms with van der Waals surface area (Å²) in [4.78, 5) is 2.31. The third-order valence-corrected chi connectivity index (χ3v) is 4.48. The molecule has 2 rings (SSSR count). The number of nitrogens with zero attached hydrogens (tertiary/aromatic N) is 1. The molecule has 0 aliphatic carbocycles. The maximum Gasteiger partial charge on any atom is 0.102 e. The molecule has 0 amide bonds. The van der Waals surface area contributed by atoms with Crippen LogP contribution in [-0.2, 0) is 4.74 Å². The first-order chi connectivity index (χ1) is 9.74. The minimum atomic E-state index is -0.545. The highest BCUT2D eigenvalue weighted by Gasteiger charge is 2.09. The number of fused-ring (bicyclic) bond motifs is 1. The molecule has 1 heterocycles. The van der Waals surface area contributed by atoms with Crippen LogP contribution in [0.5, 0.6) is 0 Å². The number of thiophene rings is 1. The zero-order valence-electron chi connectivity index (χ0n) is 12.2. The monoisotopic (exact) mass is 293 g/mol. The fourth-order valence-electron chi connectivity index (χ4n) is 2.22. The average Bonchev–Trinajstić information content (AvgIpc) is 2.94. The molecule has 2 aromatic rings. The fourth-order valence-corrected chi connectivity index (χ4v) is 2.99. The predicted molar refractivity (Wildman–Crippen MR) is 85.4 cm³/mol. The average molecular weight is 293 g/mol. The van der Waals surface area contributed by atoms with Crippen LogP contribution in [0, 0.1) is 0 Å². The molecule has 0 spiro atoms. The van der Waals surface area contributed by atoms with E-state index in [1.54, 1.807) is 11.3 Å². The molecule has 0 unspecified atom stereocenters. The molecule has 0 aliphatic heterocycles. The van der Waals surface area contributed by atoms with E-state index in [4.69, 9.17) is 4.74 Å². The number of likely N-dealkylation sites (N-methyl/N-ethyl adjacent to an activating group) is 1. The first-order valence-electron chi connectivity index (χ1n) is 7.20. The highest BCUT2D eigenvalue weighted by atomic mass is 32.1. The summed E-state index contributed by atoms with van der Waals surface area (Å²) in [7, 11) is 0. The van der Waals surface area contributed by atoms with Crippen molar-refractivity contribution >= 4 is 21.4 Å². The van der Waals surface area contributed by atoms with Crippen LogP contribution in [0.3, 0.4) is 0 Å². The number of aliphatic hydroxyl groups excluding tert-OH is 1. The quantitative estimate of drug-likeness (QED) is 0.758. The summed E-state index contributed by atoms with van der Waals surface area (Å²) < 4.78 is 6.84. The first-order valence-corrected chi connectivity index (χ1v) is 8.07. The van der Waals surface area contributed by atoms with E-state index in [2.05, 4.69) is 36.3 Å². The molecule has 0 fully saturated rings. The van der Waals surface area contributed by atoms with Crippen molar-refractivity contribution in [2.24, 2.45) is 0 Å². The third-order valence-electron chi connectivity index (χ3n) is 3.58. The van der Waals surface area contributed by atoms with Gasteiger partial charge in [-0.05, 0) is 47.6 Å². The van der Waals surface area contributed by atoms with Crippen molar-refractivity contribution in [1.29, 1.82) is 0 Å². The number of ether oxygens (including phenoxy) is 1. The zero-order chi connectivity index (χ0) is 14.4. The molecule has 0 saturated carbocycles. The van der Waals surface area contributed by atoms with E-state index in [1.165, 1.54) is 10.1 Å². The Bertz CT molecular complexity index is 522. The Morgan fingerprint density at radius 1 is 1.25 bits per heavy atom. The summed E-state index contributed by atoms with van der Waals surface area (Å²) in [6.45, 7) is 8.32. The van der Waals surface area contributed by atoms with Gasteiger partial charge in [-0.25, -0.2) is 0 Å². The normalized spacial score (nSPS) is 13.2. The van der Waals surface area contributed by atoms with E-state index in [0.29, 0.717) is 13.2 Å². The Labute approximate surface area is 124 Å². The van der Waals surface area contributed by atoms with E-state index in [9.17, 15) is 5.11 Å². The number of benzene rings is 1. The Balaban J connectivity index is 1.80. The smallest absolute Gasteiger partial charge is 0.102 e. The van der Waals surface area contributed by atoms with E-state index in [1.807, 2.05) is 12.1 Å². The molecule has 0 radical (unpaired) electrons. The fraction of sp³-hybridized carbons (Fsp3) is 0.500. The molecule has 20 heavy (non-hydrogen) atoms. The largest absolute Gasteiger partial charge is 0.386 e. The van der Waals surface area contributed by atoms with Crippen molar-refractivity contribution in [3.05, 3.63) is 35.2 Å². The maximum atomic E-state index is 10.2. The van der Waals surface area contributed by atoms with Gasteiger partial charge in [0.1, 0.15) is 6.10 Å². The van der Waals surface area contributed by atoms with Crippen LogP contribution in [-0.4, -0.2) is 42.9 Å². The van der Waals surface area contributed by atoms with Gasteiger partial charge in [0.25, 0.3) is 0 Å². The Morgan fingerprint density at radius 2 is 2.05 bits per heavy atom. The summed E-state index contributed by atoms with van der Waals surface area (Å²) in [5.41, 5.74) is 0.929. The van der Waals surface area contributed by atoms with Crippen molar-refractivity contribution in [2.75, 3.05) is 32.8 Å². The molecule has 1 aromatic carbocycles. The van der Waals surface area contributed by atoms with Gasteiger partial charge in [0.05, 0.1) is 13.2 Å². The predicted octanol–water partition coefficient (Wildman–Crippen LogP) is 3.29. The van der Waals surface area contributed by atoms with Gasteiger partial charge in [0.2, 0.25) is 0 Å². The first kappa shape index (κ1) is 15.4. The Kier molecular flexibility index (Phi) is 5.98. The molecular formula is C16H23NO2S. The zero-order valence-corrected chi connectivity index (χ0v) is 13.0. The van der Waals surface area contributed by atoms with Gasteiger partial charge in [-0.1, -0.05) is 19.9 Å². The molecule has 1 aromatic heterocycles. The Hall–Kier alpha value is -0.940. The summed E-state index contributed by atoms with van der Waals surface area (Å²) >= 11 is 1.72. The summed E-state index contributed by atoms with van der Waals surface area (Å²) in [6, 6.07) is 8.17. The van der Waals surface area contributed by atoms with Crippen molar-refractivity contribution in [1.82, 2.24) is 4.90 Å². The lowest BCUT2D eigenvalue weighted by atomic mass is 10.1. The minimum absolute atomic E-state index is 0.358. The molecule has 110 valence electrons. The molecule has 0 saturated heterocycles. The van der Waals surface area contributed by atoms with Crippen LogP contribution in [0.1, 0.15) is 25.5 Å². The molecule has 1 N–H and O–H groups in total. The van der Waals surface area contributed by atoms with Gasteiger partial charge in [-0.3, -0.25) is 0 Å². The van der Waals surface area contributed by atoms with Gasteiger partial charge < -0.3 is 14.7 Å². The van der Waals surface area contributed by atoms with E-state index in [-0.39, 0.29) is 0 Å². The number of aliphatic hydroxyl groups is 1. The molecule has 3 nitrogen and oxygen atoms in total. The van der Waals surface area contributed by atoms with Crippen molar-refractivity contribution < 1.29 is 9.84 Å². The lowest BCUT2D eigenvalue weighted by Gasteiger charge is -2.18. The second-order valence-corrected chi connectivity index (χ2v) is 5.78. The second-order valence-electron chi connectivity index (χ2n) is 4.84. The summed E-state index contributed by atoms with van der Waals surface area (Å²) in [5, 5.41) is 13.4. The minimum Gasteiger partial charge on any atom is -0.386 e. The van der Waals surface area contributed by atoms with Gasteiger partial charge in [-0.2, -0.15) is 0 Å². The number of hydrogen-bond acceptors (Lipinski definition) is 4. The van der Waals surface area contributed by atoms with Gasteiger partial charge in [0.15, 0.2) is 0 Å². The third kappa shape index (κ3) is 4.03. The van der Waals surface area contributed by atoms with Crippen molar-refractivity contribution in [2.45, 2.75) is 20.0 Å². The van der Waals surface area contributed by atoms with Crippen LogP contribution in [0.15, 0.2) is 29.6 Å². The van der Waals surface area contributed by atoms with Crippen LogP contribution >= 0.6 is 11.3 Å². The maximum absolute atomic E-state index is 10.2. The second kappa shape index (κ2) is 7.74. The highest BCUT2D eigenvalue weighted by Crippen LogP contribution is 2.24. The molecular weight excluding hydrogens is 270 g/mol. The van der Waals surface area contributed by atoms with E-state index in [0.717, 1.165) is 25.2 Å².